The van der Waals surface area contributed by atoms with Crippen LogP contribution in [0.3, 0.4) is 0 Å². The first-order chi connectivity index (χ1) is 11.5. The summed E-state index contributed by atoms with van der Waals surface area (Å²) in [5, 5.41) is 2.73. The number of halogens is 1. The van der Waals surface area contributed by atoms with Gasteiger partial charge in [0.05, 0.1) is 11.6 Å². The summed E-state index contributed by atoms with van der Waals surface area (Å²) in [5.41, 5.74) is 2.63. The number of ether oxygens (including phenoxy) is 1. The van der Waals surface area contributed by atoms with Crippen molar-refractivity contribution < 1.29 is 14.3 Å². The Bertz CT molecular complexity index is 716. The molecule has 0 bridgehead atoms. The molecule has 0 saturated heterocycles. The van der Waals surface area contributed by atoms with Crippen LogP contribution in [-0.2, 0) is 14.3 Å². The van der Waals surface area contributed by atoms with Gasteiger partial charge in [-0.2, -0.15) is 0 Å². The first kappa shape index (κ1) is 18.2. The van der Waals surface area contributed by atoms with Gasteiger partial charge in [-0.3, -0.25) is 9.59 Å². The highest BCUT2D eigenvalue weighted by Crippen LogP contribution is 2.23. The number of aryl methyl sites for hydroxylation is 1. The maximum absolute atomic E-state index is 12.2. The maximum Gasteiger partial charge on any atom is 0.313 e. The van der Waals surface area contributed by atoms with Gasteiger partial charge in [0, 0.05) is 4.47 Å². The van der Waals surface area contributed by atoms with Gasteiger partial charge in [-0.15, -0.1) is 0 Å². The van der Waals surface area contributed by atoms with Crippen molar-refractivity contribution in [1.82, 2.24) is 0 Å². The summed E-state index contributed by atoms with van der Waals surface area (Å²) in [5.74, 6) is -1.11. The fourth-order valence-electron chi connectivity index (χ4n) is 2.37. The van der Waals surface area contributed by atoms with Gasteiger partial charge in [0.1, 0.15) is 0 Å². The molecule has 0 aromatic heterocycles. The van der Waals surface area contributed by atoms with Crippen molar-refractivity contribution in [2.75, 3.05) is 11.9 Å². The summed E-state index contributed by atoms with van der Waals surface area (Å²) < 4.78 is 5.97. The highest BCUT2D eigenvalue weighted by molar-refractivity contribution is 9.10. The Labute approximate surface area is 150 Å². The molecule has 1 amide bonds. The first-order valence-electron chi connectivity index (χ1n) is 7.79. The minimum atomic E-state index is -0.387. The normalized spacial score (nSPS) is 11.6. The van der Waals surface area contributed by atoms with E-state index in [1.807, 2.05) is 56.3 Å². The quantitative estimate of drug-likeness (QED) is 0.743. The van der Waals surface area contributed by atoms with Crippen LogP contribution in [0.2, 0.25) is 0 Å². The van der Waals surface area contributed by atoms with Crippen LogP contribution < -0.4 is 5.32 Å². The molecule has 5 heteroatoms. The largest absolute Gasteiger partial charge is 0.455 e. The van der Waals surface area contributed by atoms with Crippen molar-refractivity contribution >= 4 is 33.5 Å². The summed E-state index contributed by atoms with van der Waals surface area (Å²) in [4.78, 5) is 24.2. The van der Waals surface area contributed by atoms with Crippen LogP contribution in [0, 0.1) is 6.92 Å². The molecule has 0 radical (unpaired) electrons. The lowest BCUT2D eigenvalue weighted by atomic mass is 9.97. The van der Waals surface area contributed by atoms with E-state index in [1.165, 1.54) is 0 Å². The Morgan fingerprint density at radius 1 is 1.17 bits per heavy atom. The number of benzene rings is 2. The van der Waals surface area contributed by atoms with Crippen molar-refractivity contribution in [3.05, 3.63) is 64.1 Å². The number of anilines is 1. The average molecular weight is 390 g/mol. The third-order valence-electron chi connectivity index (χ3n) is 3.64. The number of amides is 1. The molecule has 24 heavy (non-hydrogen) atoms. The lowest BCUT2D eigenvalue weighted by Gasteiger charge is -2.14. The van der Waals surface area contributed by atoms with Crippen molar-refractivity contribution in [1.29, 1.82) is 0 Å². The van der Waals surface area contributed by atoms with Crippen molar-refractivity contribution in [3.63, 3.8) is 0 Å². The van der Waals surface area contributed by atoms with Crippen LogP contribution in [0.1, 0.15) is 30.4 Å². The zero-order valence-electron chi connectivity index (χ0n) is 13.7. The van der Waals surface area contributed by atoms with Crippen molar-refractivity contribution in [2.24, 2.45) is 0 Å². The molecule has 0 fully saturated rings. The van der Waals surface area contributed by atoms with Gasteiger partial charge in [-0.25, -0.2) is 0 Å². The third kappa shape index (κ3) is 4.93. The maximum atomic E-state index is 12.2. The van der Waals surface area contributed by atoms with Crippen LogP contribution >= 0.6 is 15.9 Å². The van der Waals surface area contributed by atoms with E-state index in [1.54, 1.807) is 6.07 Å². The third-order valence-corrected chi connectivity index (χ3v) is 4.29. The van der Waals surface area contributed by atoms with Gasteiger partial charge < -0.3 is 10.1 Å². The SMILES string of the molecule is CC[C@H](C(=O)OCC(=O)Nc1ccc(C)cc1Br)c1ccccc1. The lowest BCUT2D eigenvalue weighted by molar-refractivity contribution is -0.149. The first-order valence-corrected chi connectivity index (χ1v) is 8.58. The molecule has 0 aliphatic rings. The molecule has 1 atom stereocenters. The predicted octanol–water partition coefficient (Wildman–Crippen LogP) is 4.43. The summed E-state index contributed by atoms with van der Waals surface area (Å²) in [6.45, 7) is 3.58. The van der Waals surface area contributed by atoms with E-state index < -0.39 is 0 Å². The standard InChI is InChI=1S/C19H20BrNO3/c1-3-15(14-7-5-4-6-8-14)19(23)24-12-18(22)21-17-10-9-13(2)11-16(17)20/h4-11,15H,3,12H2,1-2H3,(H,21,22)/t15-/m0/s1. The summed E-state index contributed by atoms with van der Waals surface area (Å²) in [6, 6.07) is 15.0. The number of hydrogen-bond donors (Lipinski definition) is 1. The van der Waals surface area contributed by atoms with E-state index in [0.29, 0.717) is 12.1 Å². The highest BCUT2D eigenvalue weighted by atomic mass is 79.9. The van der Waals surface area contributed by atoms with Crippen LogP contribution in [0.15, 0.2) is 53.0 Å². The minimum Gasteiger partial charge on any atom is -0.455 e. The van der Waals surface area contributed by atoms with Gasteiger partial charge in [0.15, 0.2) is 6.61 Å². The number of hydrogen-bond acceptors (Lipinski definition) is 3. The number of nitrogens with one attached hydrogen (secondary N) is 1. The van der Waals surface area contributed by atoms with Gasteiger partial charge in [0.2, 0.25) is 0 Å². The Hall–Kier alpha value is -2.14. The molecule has 0 spiro atoms. The summed E-state index contributed by atoms with van der Waals surface area (Å²) >= 11 is 3.40. The number of rotatable bonds is 6. The molecule has 2 rings (SSSR count). The van der Waals surface area contributed by atoms with E-state index in [9.17, 15) is 9.59 Å². The fourth-order valence-corrected chi connectivity index (χ4v) is 2.96. The van der Waals surface area contributed by atoms with E-state index in [0.717, 1.165) is 15.6 Å². The Morgan fingerprint density at radius 2 is 1.88 bits per heavy atom. The van der Waals surface area contributed by atoms with Gasteiger partial charge in [0.25, 0.3) is 5.91 Å². The smallest absolute Gasteiger partial charge is 0.313 e. The minimum absolute atomic E-state index is 0.303. The molecule has 0 saturated carbocycles. The van der Waals surface area contributed by atoms with E-state index >= 15 is 0 Å². The molecular formula is C19H20BrNO3. The zero-order chi connectivity index (χ0) is 17.5. The molecule has 126 valence electrons. The van der Waals surface area contributed by atoms with Gasteiger partial charge in [-0.05, 0) is 52.5 Å². The van der Waals surface area contributed by atoms with Crippen LogP contribution in [0.4, 0.5) is 5.69 Å². The zero-order valence-corrected chi connectivity index (χ0v) is 15.3. The van der Waals surface area contributed by atoms with E-state index in [2.05, 4.69) is 21.2 Å². The predicted molar refractivity (Wildman–Crippen MR) is 97.9 cm³/mol. The number of carbonyl (C=O) groups excluding carboxylic acids is 2. The van der Waals surface area contributed by atoms with Crippen LogP contribution in [0.25, 0.3) is 0 Å². The second-order valence-electron chi connectivity index (χ2n) is 5.51. The second-order valence-corrected chi connectivity index (χ2v) is 6.37. The second kappa shape index (κ2) is 8.64. The van der Waals surface area contributed by atoms with Crippen LogP contribution in [-0.4, -0.2) is 18.5 Å². The van der Waals surface area contributed by atoms with E-state index in [-0.39, 0.29) is 24.4 Å². The molecule has 1 N–H and O–H groups in total. The molecule has 0 heterocycles. The molecule has 2 aromatic rings. The Kier molecular flexibility index (Phi) is 6.55. The molecule has 2 aromatic carbocycles. The van der Waals surface area contributed by atoms with Gasteiger partial charge >= 0.3 is 5.97 Å². The van der Waals surface area contributed by atoms with E-state index in [4.69, 9.17) is 4.74 Å². The van der Waals surface area contributed by atoms with Crippen LogP contribution in [0.5, 0.6) is 0 Å². The van der Waals surface area contributed by atoms with Crippen molar-refractivity contribution in [3.8, 4) is 0 Å². The van der Waals surface area contributed by atoms with Crippen molar-refractivity contribution in [2.45, 2.75) is 26.2 Å². The Morgan fingerprint density at radius 3 is 2.50 bits per heavy atom. The van der Waals surface area contributed by atoms with Gasteiger partial charge in [-0.1, -0.05) is 43.3 Å². The highest BCUT2D eigenvalue weighted by Gasteiger charge is 2.21. The number of esters is 1. The molecule has 4 nitrogen and oxygen atoms in total. The summed E-state index contributed by atoms with van der Waals surface area (Å²) in [7, 11) is 0. The monoisotopic (exact) mass is 389 g/mol. The lowest BCUT2D eigenvalue weighted by Crippen LogP contribution is -2.24. The molecule has 0 unspecified atom stereocenters. The number of carbonyl (C=O) groups is 2. The molecule has 0 aliphatic heterocycles. The Balaban J connectivity index is 1.92. The molecular weight excluding hydrogens is 370 g/mol. The average Bonchev–Trinajstić information content (AvgIpc) is 2.57. The summed E-state index contributed by atoms with van der Waals surface area (Å²) in [6.07, 6.45) is 0.619. The fraction of sp³-hybridized carbons (Fsp3) is 0.263. The molecule has 0 aliphatic carbocycles. The topological polar surface area (TPSA) is 55.4 Å².